The molecule has 1 amide bonds. The van der Waals surface area contributed by atoms with Gasteiger partial charge in [-0.05, 0) is 23.8 Å². The molecule has 25 heavy (non-hydrogen) atoms. The molecule has 0 aliphatic carbocycles. The number of carbonyl (C=O) groups excluding carboxylic acids is 1. The van der Waals surface area contributed by atoms with E-state index in [-0.39, 0.29) is 11.5 Å². The Hall–Kier alpha value is -3.40. The molecule has 0 spiro atoms. The van der Waals surface area contributed by atoms with Crippen molar-refractivity contribution in [2.45, 2.75) is 6.54 Å². The highest BCUT2D eigenvalue weighted by Crippen LogP contribution is 2.07. The highest BCUT2D eigenvalue weighted by atomic mass is 16.2. The first-order chi connectivity index (χ1) is 11.8. The fourth-order valence-corrected chi connectivity index (χ4v) is 2.33. The highest BCUT2D eigenvalue weighted by Gasteiger charge is 2.08. The van der Waals surface area contributed by atoms with E-state index >= 15 is 0 Å². The van der Waals surface area contributed by atoms with E-state index < -0.39 is 11.2 Å². The third kappa shape index (κ3) is 4.12. The summed E-state index contributed by atoms with van der Waals surface area (Å²) in [4.78, 5) is 37.4. The van der Waals surface area contributed by atoms with Crippen LogP contribution in [-0.2, 0) is 25.4 Å². The summed E-state index contributed by atoms with van der Waals surface area (Å²) in [5, 5.41) is 8.91. The quantitative estimate of drug-likeness (QED) is 0.765. The van der Waals surface area contributed by atoms with Gasteiger partial charge in [-0.25, -0.2) is 4.79 Å². The second kappa shape index (κ2) is 7.45. The van der Waals surface area contributed by atoms with Gasteiger partial charge in [0, 0.05) is 40.0 Å². The molecule has 0 aliphatic rings. The van der Waals surface area contributed by atoms with Crippen LogP contribution in [0, 0.1) is 11.3 Å². The van der Waals surface area contributed by atoms with Gasteiger partial charge in [-0.3, -0.25) is 14.2 Å². The molecule has 0 radical (unpaired) electrons. The van der Waals surface area contributed by atoms with Crippen LogP contribution >= 0.6 is 0 Å². The van der Waals surface area contributed by atoms with Gasteiger partial charge in [0.15, 0.2) is 0 Å². The number of nitriles is 1. The Morgan fingerprint density at radius 1 is 1.32 bits per heavy atom. The van der Waals surface area contributed by atoms with Crippen LogP contribution in [0.5, 0.6) is 0 Å². The Labute approximate surface area is 144 Å². The molecule has 7 heteroatoms. The number of rotatable bonds is 4. The molecule has 2 aromatic rings. The van der Waals surface area contributed by atoms with E-state index in [2.05, 4.69) is 6.07 Å². The summed E-state index contributed by atoms with van der Waals surface area (Å²) in [6, 6.07) is 9.06. The Bertz CT molecular complexity index is 993. The second-order valence-electron chi connectivity index (χ2n) is 5.68. The van der Waals surface area contributed by atoms with Crippen LogP contribution in [0.4, 0.5) is 0 Å². The van der Waals surface area contributed by atoms with Gasteiger partial charge in [0.2, 0.25) is 5.91 Å². The van der Waals surface area contributed by atoms with Crippen molar-refractivity contribution in [2.75, 3.05) is 7.05 Å². The first-order valence-corrected chi connectivity index (χ1v) is 7.52. The van der Waals surface area contributed by atoms with Crippen molar-refractivity contribution in [3.8, 4) is 6.07 Å². The van der Waals surface area contributed by atoms with Crippen molar-refractivity contribution in [1.29, 1.82) is 5.26 Å². The molecule has 0 saturated heterocycles. The second-order valence-corrected chi connectivity index (χ2v) is 5.68. The Morgan fingerprint density at radius 3 is 2.72 bits per heavy atom. The summed E-state index contributed by atoms with van der Waals surface area (Å²) in [6.45, 7) is 0.337. The monoisotopic (exact) mass is 338 g/mol. The van der Waals surface area contributed by atoms with Gasteiger partial charge in [0.1, 0.15) is 0 Å². The van der Waals surface area contributed by atoms with Crippen molar-refractivity contribution >= 4 is 12.0 Å². The third-order valence-electron chi connectivity index (χ3n) is 3.73. The van der Waals surface area contributed by atoms with Crippen LogP contribution in [0.15, 0.2) is 46.1 Å². The van der Waals surface area contributed by atoms with Crippen LogP contribution in [0.3, 0.4) is 0 Å². The minimum atomic E-state index is -0.462. The van der Waals surface area contributed by atoms with Crippen LogP contribution < -0.4 is 11.2 Å². The molecule has 0 atom stereocenters. The zero-order valence-electron chi connectivity index (χ0n) is 14.3. The summed E-state index contributed by atoms with van der Waals surface area (Å²) in [7, 11) is 4.55. The Kier molecular flexibility index (Phi) is 5.35. The SMILES string of the molecule is CN(Cc1cccc(C#N)c1)C(=O)C=Cc1cn(C)c(=O)n(C)c1=O. The average molecular weight is 338 g/mol. The summed E-state index contributed by atoms with van der Waals surface area (Å²) >= 11 is 0. The third-order valence-corrected chi connectivity index (χ3v) is 3.73. The number of aryl methyl sites for hydroxylation is 1. The molecule has 1 aromatic heterocycles. The van der Waals surface area contributed by atoms with Crippen molar-refractivity contribution < 1.29 is 4.79 Å². The topological polar surface area (TPSA) is 88.1 Å². The molecule has 1 aromatic carbocycles. The van der Waals surface area contributed by atoms with E-state index in [1.165, 1.54) is 41.9 Å². The lowest BCUT2D eigenvalue weighted by atomic mass is 10.1. The highest BCUT2D eigenvalue weighted by molar-refractivity contribution is 5.91. The molecular formula is C18H18N4O3. The smallest absolute Gasteiger partial charge is 0.330 e. The number of benzene rings is 1. The maximum Gasteiger partial charge on any atom is 0.330 e. The molecule has 0 fully saturated rings. The molecule has 128 valence electrons. The van der Waals surface area contributed by atoms with Gasteiger partial charge in [0.05, 0.1) is 17.2 Å². The minimum absolute atomic E-state index is 0.248. The fraction of sp³-hybridized carbons (Fsp3) is 0.222. The van der Waals surface area contributed by atoms with E-state index in [9.17, 15) is 14.4 Å². The number of hydrogen-bond donors (Lipinski definition) is 0. The number of nitrogens with zero attached hydrogens (tertiary/aromatic N) is 4. The van der Waals surface area contributed by atoms with Crippen LogP contribution in [-0.4, -0.2) is 27.0 Å². The Balaban J connectivity index is 2.16. The van der Waals surface area contributed by atoms with Gasteiger partial charge >= 0.3 is 5.69 Å². The molecule has 0 unspecified atom stereocenters. The largest absolute Gasteiger partial charge is 0.338 e. The average Bonchev–Trinajstić information content (AvgIpc) is 2.61. The lowest BCUT2D eigenvalue weighted by Crippen LogP contribution is -2.37. The molecule has 0 aliphatic heterocycles. The van der Waals surface area contributed by atoms with Crippen LogP contribution in [0.25, 0.3) is 6.08 Å². The van der Waals surface area contributed by atoms with Gasteiger partial charge in [-0.2, -0.15) is 5.26 Å². The first kappa shape index (κ1) is 17.9. The summed E-state index contributed by atoms with van der Waals surface area (Å²) in [6.07, 6.45) is 4.08. The summed E-state index contributed by atoms with van der Waals surface area (Å²) in [5.41, 5.74) is 0.723. The number of likely N-dealkylation sites (N-methyl/N-ethyl adjacent to an activating group) is 1. The molecule has 1 heterocycles. The van der Waals surface area contributed by atoms with Crippen LogP contribution in [0.1, 0.15) is 16.7 Å². The van der Waals surface area contributed by atoms with Gasteiger partial charge in [0.25, 0.3) is 5.56 Å². The van der Waals surface area contributed by atoms with Crippen molar-refractivity contribution in [3.05, 3.63) is 74.1 Å². The van der Waals surface area contributed by atoms with Crippen LogP contribution in [0.2, 0.25) is 0 Å². The summed E-state index contributed by atoms with van der Waals surface area (Å²) < 4.78 is 2.27. The lowest BCUT2D eigenvalue weighted by Gasteiger charge is -2.15. The number of amides is 1. The molecular weight excluding hydrogens is 320 g/mol. The van der Waals surface area contributed by atoms with E-state index in [4.69, 9.17) is 5.26 Å². The van der Waals surface area contributed by atoms with E-state index in [0.29, 0.717) is 12.1 Å². The molecule has 2 rings (SSSR count). The van der Waals surface area contributed by atoms with Crippen molar-refractivity contribution in [3.63, 3.8) is 0 Å². The van der Waals surface area contributed by atoms with Crippen molar-refractivity contribution in [1.82, 2.24) is 14.0 Å². The minimum Gasteiger partial charge on any atom is -0.338 e. The van der Waals surface area contributed by atoms with Gasteiger partial charge in [-0.1, -0.05) is 12.1 Å². The standard InChI is InChI=1S/C18H18N4O3/c1-20(11-14-6-4-5-13(9-14)10-19)16(23)8-7-15-12-21(2)18(25)22(3)17(15)24/h4-9,12H,11H2,1-3H3. The zero-order valence-corrected chi connectivity index (χ0v) is 14.3. The van der Waals surface area contributed by atoms with Gasteiger partial charge < -0.3 is 9.47 Å². The van der Waals surface area contributed by atoms with E-state index in [1.807, 2.05) is 6.07 Å². The molecule has 7 nitrogen and oxygen atoms in total. The predicted molar refractivity (Wildman–Crippen MR) is 93.6 cm³/mol. The summed E-state index contributed by atoms with van der Waals surface area (Å²) in [5.74, 6) is -0.293. The van der Waals surface area contributed by atoms with Gasteiger partial charge in [-0.15, -0.1) is 0 Å². The zero-order chi connectivity index (χ0) is 18.6. The lowest BCUT2D eigenvalue weighted by molar-refractivity contribution is -0.125. The fourth-order valence-electron chi connectivity index (χ4n) is 2.33. The molecule has 0 saturated carbocycles. The maximum absolute atomic E-state index is 12.2. The van der Waals surface area contributed by atoms with E-state index in [1.54, 1.807) is 25.2 Å². The Morgan fingerprint density at radius 2 is 2.04 bits per heavy atom. The van der Waals surface area contributed by atoms with Crippen molar-refractivity contribution in [2.24, 2.45) is 14.1 Å². The molecule has 0 N–H and O–H groups in total. The number of carbonyl (C=O) groups is 1. The number of hydrogen-bond acceptors (Lipinski definition) is 4. The number of aromatic nitrogens is 2. The maximum atomic E-state index is 12.2. The predicted octanol–water partition coefficient (Wildman–Crippen LogP) is 0.627. The molecule has 0 bridgehead atoms. The van der Waals surface area contributed by atoms with E-state index in [0.717, 1.165) is 10.1 Å². The normalized spacial score (nSPS) is 10.6. The first-order valence-electron chi connectivity index (χ1n) is 7.52.